The third kappa shape index (κ3) is 2.03. The molecule has 86 valence electrons. The average Bonchev–Trinajstić information content (AvgIpc) is 2.27. The fourth-order valence-electron chi connectivity index (χ4n) is 3.45. The quantitative estimate of drug-likeness (QED) is 0.760. The minimum absolute atomic E-state index is 0.214. The lowest BCUT2D eigenvalue weighted by atomic mass is 9.76. The molecular formula is C12H21NO2. The molecule has 0 aromatic heterocycles. The smallest absolute Gasteiger partial charge is 0.320 e. The number of nitrogens with zero attached hydrogens (tertiary/aromatic N) is 1. The van der Waals surface area contributed by atoms with Gasteiger partial charge in [0.25, 0.3) is 0 Å². The van der Waals surface area contributed by atoms with Gasteiger partial charge in [-0.05, 0) is 38.1 Å². The Morgan fingerprint density at radius 1 is 1.27 bits per heavy atom. The van der Waals surface area contributed by atoms with E-state index in [1.165, 1.54) is 25.7 Å². The molecule has 1 aliphatic heterocycles. The number of carbonyl (C=O) groups is 1. The number of fused-ring (bicyclic) bond motifs is 1. The predicted molar refractivity (Wildman–Crippen MR) is 58.8 cm³/mol. The van der Waals surface area contributed by atoms with Gasteiger partial charge in [-0.1, -0.05) is 19.8 Å². The van der Waals surface area contributed by atoms with Crippen LogP contribution in [0, 0.1) is 5.92 Å². The molecule has 3 nitrogen and oxygen atoms in total. The molecule has 3 unspecified atom stereocenters. The maximum absolute atomic E-state index is 11.2. The van der Waals surface area contributed by atoms with E-state index in [0.29, 0.717) is 6.04 Å². The Morgan fingerprint density at radius 3 is 2.67 bits per heavy atom. The molecular weight excluding hydrogens is 190 g/mol. The second-order valence-corrected chi connectivity index (χ2v) is 4.87. The fraction of sp³-hybridized carbons (Fsp3) is 0.917. The summed E-state index contributed by atoms with van der Waals surface area (Å²) in [6, 6.07) is 0.341. The van der Waals surface area contributed by atoms with Crippen molar-refractivity contribution in [2.75, 3.05) is 6.54 Å². The fourth-order valence-corrected chi connectivity index (χ4v) is 3.45. The van der Waals surface area contributed by atoms with Crippen molar-refractivity contribution in [1.82, 2.24) is 4.90 Å². The van der Waals surface area contributed by atoms with Gasteiger partial charge in [-0.2, -0.15) is 0 Å². The van der Waals surface area contributed by atoms with E-state index in [9.17, 15) is 9.90 Å². The van der Waals surface area contributed by atoms with E-state index in [1.807, 2.05) is 0 Å². The van der Waals surface area contributed by atoms with Crippen LogP contribution in [0.5, 0.6) is 0 Å². The van der Waals surface area contributed by atoms with Crippen LogP contribution in [0.4, 0.5) is 0 Å². The van der Waals surface area contributed by atoms with Gasteiger partial charge < -0.3 is 5.11 Å². The third-order valence-electron chi connectivity index (χ3n) is 4.16. The van der Waals surface area contributed by atoms with E-state index >= 15 is 0 Å². The van der Waals surface area contributed by atoms with Crippen molar-refractivity contribution in [3.8, 4) is 0 Å². The van der Waals surface area contributed by atoms with Gasteiger partial charge in [0, 0.05) is 6.04 Å². The molecule has 0 radical (unpaired) electrons. The summed E-state index contributed by atoms with van der Waals surface area (Å²) in [4.78, 5) is 13.4. The summed E-state index contributed by atoms with van der Waals surface area (Å²) in [7, 11) is 0. The van der Waals surface area contributed by atoms with E-state index in [0.717, 1.165) is 25.3 Å². The molecule has 3 atom stereocenters. The number of carboxylic acids is 1. The van der Waals surface area contributed by atoms with E-state index in [-0.39, 0.29) is 6.04 Å². The van der Waals surface area contributed by atoms with Gasteiger partial charge in [0.1, 0.15) is 6.04 Å². The van der Waals surface area contributed by atoms with Crippen molar-refractivity contribution >= 4 is 5.97 Å². The Kier molecular flexibility index (Phi) is 3.29. The summed E-state index contributed by atoms with van der Waals surface area (Å²) in [5, 5.41) is 9.19. The third-order valence-corrected chi connectivity index (χ3v) is 4.16. The van der Waals surface area contributed by atoms with E-state index in [4.69, 9.17) is 0 Å². The Morgan fingerprint density at radius 2 is 2.00 bits per heavy atom. The number of aliphatic carboxylic acids is 1. The van der Waals surface area contributed by atoms with Crippen LogP contribution in [-0.4, -0.2) is 34.6 Å². The summed E-state index contributed by atoms with van der Waals surface area (Å²) in [5.74, 6) is 0.148. The van der Waals surface area contributed by atoms with Crippen molar-refractivity contribution in [3.63, 3.8) is 0 Å². The van der Waals surface area contributed by atoms with Crippen molar-refractivity contribution in [2.24, 2.45) is 5.92 Å². The maximum Gasteiger partial charge on any atom is 0.320 e. The van der Waals surface area contributed by atoms with Crippen molar-refractivity contribution in [1.29, 1.82) is 0 Å². The molecule has 0 bridgehead atoms. The molecule has 1 aliphatic carbocycles. The van der Waals surface area contributed by atoms with Gasteiger partial charge in [0.2, 0.25) is 0 Å². The van der Waals surface area contributed by atoms with Gasteiger partial charge in [-0.3, -0.25) is 9.69 Å². The van der Waals surface area contributed by atoms with Crippen LogP contribution in [0.2, 0.25) is 0 Å². The summed E-state index contributed by atoms with van der Waals surface area (Å²) >= 11 is 0. The molecule has 0 spiro atoms. The first-order valence-electron chi connectivity index (χ1n) is 6.22. The van der Waals surface area contributed by atoms with Crippen LogP contribution in [0.3, 0.4) is 0 Å². The number of rotatable bonds is 2. The first-order valence-corrected chi connectivity index (χ1v) is 6.22. The number of likely N-dealkylation sites (tertiary alicyclic amines) is 1. The second kappa shape index (κ2) is 4.52. The zero-order valence-electron chi connectivity index (χ0n) is 9.48. The molecule has 0 aromatic carbocycles. The highest BCUT2D eigenvalue weighted by Gasteiger charge is 2.40. The number of piperidine rings is 1. The zero-order valence-corrected chi connectivity index (χ0v) is 9.48. The molecule has 3 heteroatoms. The molecule has 0 amide bonds. The Balaban J connectivity index is 2.11. The lowest BCUT2D eigenvalue weighted by molar-refractivity contribution is -0.148. The SMILES string of the molecule is CCN1C(C(=O)O)CCC2CCCCC21. The monoisotopic (exact) mass is 211 g/mol. The molecule has 0 aromatic rings. The van der Waals surface area contributed by atoms with Crippen LogP contribution < -0.4 is 0 Å². The predicted octanol–water partition coefficient (Wildman–Crippen LogP) is 2.11. The molecule has 1 heterocycles. The molecule has 1 saturated carbocycles. The highest BCUT2D eigenvalue weighted by Crippen LogP contribution is 2.37. The Hall–Kier alpha value is -0.570. The van der Waals surface area contributed by atoms with Gasteiger partial charge in [-0.15, -0.1) is 0 Å². The van der Waals surface area contributed by atoms with Gasteiger partial charge in [-0.25, -0.2) is 0 Å². The number of carboxylic acid groups (broad SMARTS) is 1. The van der Waals surface area contributed by atoms with Crippen LogP contribution in [0.25, 0.3) is 0 Å². The number of hydrogen-bond acceptors (Lipinski definition) is 2. The van der Waals surface area contributed by atoms with Crippen molar-refractivity contribution < 1.29 is 9.90 Å². The van der Waals surface area contributed by atoms with Gasteiger partial charge in [0.05, 0.1) is 0 Å². The van der Waals surface area contributed by atoms with Crippen LogP contribution in [0.1, 0.15) is 45.4 Å². The molecule has 1 saturated heterocycles. The summed E-state index contributed by atoms with van der Waals surface area (Å²) in [6.07, 6.45) is 7.12. The first kappa shape index (κ1) is 10.9. The largest absolute Gasteiger partial charge is 0.480 e. The summed E-state index contributed by atoms with van der Waals surface area (Å²) < 4.78 is 0. The van der Waals surface area contributed by atoms with E-state index < -0.39 is 5.97 Å². The lowest BCUT2D eigenvalue weighted by Gasteiger charge is -2.46. The molecule has 2 rings (SSSR count). The van der Waals surface area contributed by atoms with Crippen molar-refractivity contribution in [3.05, 3.63) is 0 Å². The molecule has 1 N–H and O–H groups in total. The number of likely N-dealkylation sites (N-methyl/N-ethyl adjacent to an activating group) is 1. The summed E-state index contributed by atoms with van der Waals surface area (Å²) in [6.45, 7) is 2.98. The van der Waals surface area contributed by atoms with Gasteiger partial charge in [0.15, 0.2) is 0 Å². The minimum atomic E-state index is -0.624. The van der Waals surface area contributed by atoms with E-state index in [2.05, 4.69) is 11.8 Å². The topological polar surface area (TPSA) is 40.5 Å². The van der Waals surface area contributed by atoms with E-state index in [1.54, 1.807) is 0 Å². The average molecular weight is 211 g/mol. The summed E-state index contributed by atoms with van der Waals surface area (Å²) in [5.41, 5.74) is 0. The van der Waals surface area contributed by atoms with Crippen LogP contribution in [0.15, 0.2) is 0 Å². The lowest BCUT2D eigenvalue weighted by Crippen LogP contribution is -2.54. The minimum Gasteiger partial charge on any atom is -0.480 e. The standard InChI is InChI=1S/C12H21NO2/c1-2-13-10-6-4-3-5-9(10)7-8-11(13)12(14)15/h9-11H,2-8H2,1H3,(H,14,15). The molecule has 2 fully saturated rings. The Labute approximate surface area is 91.5 Å². The molecule has 2 aliphatic rings. The second-order valence-electron chi connectivity index (χ2n) is 4.87. The first-order chi connectivity index (χ1) is 7.24. The van der Waals surface area contributed by atoms with Gasteiger partial charge >= 0.3 is 5.97 Å². The highest BCUT2D eigenvalue weighted by molar-refractivity contribution is 5.73. The Bertz CT molecular complexity index is 242. The highest BCUT2D eigenvalue weighted by atomic mass is 16.4. The normalized spacial score (nSPS) is 37.3. The van der Waals surface area contributed by atoms with Crippen LogP contribution in [-0.2, 0) is 4.79 Å². The van der Waals surface area contributed by atoms with Crippen molar-refractivity contribution in [2.45, 2.75) is 57.5 Å². The van der Waals surface area contributed by atoms with Crippen LogP contribution >= 0.6 is 0 Å². The maximum atomic E-state index is 11.2. The zero-order chi connectivity index (χ0) is 10.8. The molecule has 15 heavy (non-hydrogen) atoms. The number of hydrogen-bond donors (Lipinski definition) is 1.